The lowest BCUT2D eigenvalue weighted by atomic mass is 10.0. The molecular weight excluding hydrogens is 310 g/mol. The smallest absolute Gasteiger partial charge is 0.241 e. The van der Waals surface area contributed by atoms with Crippen LogP contribution in [0.3, 0.4) is 0 Å². The quantitative estimate of drug-likeness (QED) is 0.851. The number of rotatable bonds is 5. The number of nitrogens with one attached hydrogen (secondary N) is 1. The summed E-state index contributed by atoms with van der Waals surface area (Å²) in [5.41, 5.74) is 1.18. The molecule has 3 rings (SSSR count). The number of allylic oxidation sites excluding steroid dienone is 1. The van der Waals surface area contributed by atoms with Crippen molar-refractivity contribution in [3.63, 3.8) is 0 Å². The summed E-state index contributed by atoms with van der Waals surface area (Å²) < 4.78 is 33.5. The van der Waals surface area contributed by atoms with Crippen LogP contribution in [0.5, 0.6) is 5.75 Å². The van der Waals surface area contributed by atoms with E-state index >= 15 is 0 Å². The predicted octanol–water partition coefficient (Wildman–Crippen LogP) is 3.63. The van der Waals surface area contributed by atoms with Gasteiger partial charge in [0.2, 0.25) is 10.0 Å². The van der Waals surface area contributed by atoms with Crippen molar-refractivity contribution in [2.45, 2.75) is 30.6 Å². The van der Waals surface area contributed by atoms with E-state index in [2.05, 4.69) is 10.8 Å². The zero-order valence-electron chi connectivity index (χ0n) is 13.2. The van der Waals surface area contributed by atoms with Crippen molar-refractivity contribution in [2.24, 2.45) is 0 Å². The fourth-order valence-corrected chi connectivity index (χ4v) is 4.23. The van der Waals surface area contributed by atoms with Gasteiger partial charge in [-0.05, 0) is 37.8 Å². The number of ether oxygens (including phenoxy) is 1. The normalized spacial score (nSPS) is 15.4. The van der Waals surface area contributed by atoms with Gasteiger partial charge in [-0.1, -0.05) is 35.9 Å². The molecule has 2 aromatic carbocycles. The second kappa shape index (κ2) is 6.72. The van der Waals surface area contributed by atoms with Crippen LogP contribution < -0.4 is 9.46 Å². The van der Waals surface area contributed by atoms with Crippen LogP contribution in [0.1, 0.15) is 25.7 Å². The van der Waals surface area contributed by atoms with Gasteiger partial charge >= 0.3 is 0 Å². The molecule has 1 aliphatic rings. The van der Waals surface area contributed by atoms with E-state index < -0.39 is 10.0 Å². The van der Waals surface area contributed by atoms with Gasteiger partial charge in [0, 0.05) is 17.3 Å². The van der Waals surface area contributed by atoms with Crippen molar-refractivity contribution in [3.8, 4) is 5.75 Å². The van der Waals surface area contributed by atoms with Crippen LogP contribution in [-0.2, 0) is 10.0 Å². The molecule has 0 fully saturated rings. The minimum absolute atomic E-state index is 0.297. The number of hydrogen-bond acceptors (Lipinski definition) is 3. The first kappa shape index (κ1) is 16.0. The van der Waals surface area contributed by atoms with Crippen molar-refractivity contribution in [1.29, 1.82) is 0 Å². The lowest BCUT2D eigenvalue weighted by Crippen LogP contribution is -2.26. The molecule has 1 N–H and O–H groups in total. The van der Waals surface area contributed by atoms with Crippen molar-refractivity contribution in [1.82, 2.24) is 4.72 Å². The third-order valence-electron chi connectivity index (χ3n) is 4.23. The molecule has 0 amide bonds. The molecule has 122 valence electrons. The van der Waals surface area contributed by atoms with Gasteiger partial charge in [-0.25, -0.2) is 13.1 Å². The molecule has 4 nitrogen and oxygen atoms in total. The van der Waals surface area contributed by atoms with Crippen LogP contribution in [0.2, 0.25) is 0 Å². The summed E-state index contributed by atoms with van der Waals surface area (Å²) in [6, 6.07) is 10.7. The molecule has 0 aromatic heterocycles. The molecule has 0 radical (unpaired) electrons. The third kappa shape index (κ3) is 3.41. The van der Waals surface area contributed by atoms with Crippen molar-refractivity contribution in [2.75, 3.05) is 13.7 Å². The molecule has 0 atom stereocenters. The summed E-state index contributed by atoms with van der Waals surface area (Å²) in [4.78, 5) is 0.297. The lowest BCUT2D eigenvalue weighted by molar-refractivity contribution is 0.419. The number of sulfonamides is 1. The van der Waals surface area contributed by atoms with Crippen molar-refractivity contribution >= 4 is 20.8 Å². The zero-order chi connectivity index (χ0) is 16.3. The molecule has 0 heterocycles. The first-order chi connectivity index (χ1) is 11.1. The number of methoxy groups -OCH3 is 1. The minimum Gasteiger partial charge on any atom is -0.496 e. The first-order valence-corrected chi connectivity index (χ1v) is 9.33. The van der Waals surface area contributed by atoms with Crippen LogP contribution in [0, 0.1) is 0 Å². The highest BCUT2D eigenvalue weighted by Gasteiger charge is 2.19. The van der Waals surface area contributed by atoms with Gasteiger partial charge in [-0.15, -0.1) is 0 Å². The van der Waals surface area contributed by atoms with Gasteiger partial charge in [0.15, 0.2) is 0 Å². The molecule has 23 heavy (non-hydrogen) atoms. The number of benzene rings is 2. The van der Waals surface area contributed by atoms with E-state index in [0.717, 1.165) is 24.6 Å². The average Bonchev–Trinajstić information content (AvgIpc) is 2.60. The largest absolute Gasteiger partial charge is 0.496 e. The Bertz CT molecular complexity index is 840. The maximum absolute atomic E-state index is 12.7. The van der Waals surface area contributed by atoms with Crippen LogP contribution in [0.15, 0.2) is 52.9 Å². The van der Waals surface area contributed by atoms with Gasteiger partial charge in [0.25, 0.3) is 0 Å². The number of hydrogen-bond donors (Lipinski definition) is 1. The van der Waals surface area contributed by atoms with Gasteiger partial charge in [0.1, 0.15) is 5.75 Å². The van der Waals surface area contributed by atoms with Gasteiger partial charge in [0.05, 0.1) is 12.0 Å². The molecular formula is C18H21NO3S. The highest BCUT2D eigenvalue weighted by Crippen LogP contribution is 2.30. The summed E-state index contributed by atoms with van der Waals surface area (Å²) in [5, 5.41) is 1.48. The van der Waals surface area contributed by atoms with E-state index in [1.165, 1.54) is 12.0 Å². The van der Waals surface area contributed by atoms with E-state index in [0.29, 0.717) is 22.6 Å². The highest BCUT2D eigenvalue weighted by atomic mass is 32.2. The van der Waals surface area contributed by atoms with Gasteiger partial charge in [-0.3, -0.25) is 0 Å². The number of fused-ring (bicyclic) bond motifs is 1. The highest BCUT2D eigenvalue weighted by molar-refractivity contribution is 7.89. The maximum atomic E-state index is 12.7. The topological polar surface area (TPSA) is 55.4 Å². The van der Waals surface area contributed by atoms with E-state index in [1.54, 1.807) is 19.2 Å². The summed E-state index contributed by atoms with van der Waals surface area (Å²) in [5.74, 6) is 0.675. The summed E-state index contributed by atoms with van der Waals surface area (Å²) in [6.45, 7) is 0.392. The average molecular weight is 331 g/mol. The Hall–Kier alpha value is -1.85. The van der Waals surface area contributed by atoms with E-state index in [9.17, 15) is 8.42 Å². The van der Waals surface area contributed by atoms with E-state index in [4.69, 9.17) is 4.74 Å². The first-order valence-electron chi connectivity index (χ1n) is 7.85. The Kier molecular flexibility index (Phi) is 4.68. The minimum atomic E-state index is -3.56. The van der Waals surface area contributed by atoms with Gasteiger partial charge < -0.3 is 4.74 Å². The van der Waals surface area contributed by atoms with Crippen LogP contribution in [0.4, 0.5) is 0 Å². The van der Waals surface area contributed by atoms with Crippen LogP contribution in [0.25, 0.3) is 10.8 Å². The van der Waals surface area contributed by atoms with Crippen molar-refractivity contribution < 1.29 is 13.2 Å². The lowest BCUT2D eigenvalue weighted by Gasteiger charge is -2.15. The molecule has 0 unspecified atom stereocenters. The maximum Gasteiger partial charge on any atom is 0.241 e. The van der Waals surface area contributed by atoms with E-state index in [1.807, 2.05) is 24.3 Å². The Morgan fingerprint density at radius 2 is 1.87 bits per heavy atom. The van der Waals surface area contributed by atoms with Crippen LogP contribution >= 0.6 is 0 Å². The molecule has 0 spiro atoms. The molecule has 0 aliphatic heterocycles. The predicted molar refractivity (Wildman–Crippen MR) is 92.2 cm³/mol. The third-order valence-corrected chi connectivity index (χ3v) is 5.69. The zero-order valence-corrected chi connectivity index (χ0v) is 14.0. The summed E-state index contributed by atoms with van der Waals surface area (Å²) in [6.07, 6.45) is 6.50. The SMILES string of the molecule is COc1ccc(S(=O)(=O)NCC2=CCCCC2)c2ccccc12. The Morgan fingerprint density at radius 1 is 1.09 bits per heavy atom. The standard InChI is InChI=1S/C18H21NO3S/c1-22-17-11-12-18(16-10-6-5-9-15(16)17)23(20,21)19-13-14-7-3-2-4-8-14/h5-7,9-12,19H,2-4,8,13H2,1H3. The molecule has 2 aromatic rings. The second-order valence-electron chi connectivity index (χ2n) is 5.74. The summed E-state index contributed by atoms with van der Waals surface area (Å²) in [7, 11) is -1.97. The van der Waals surface area contributed by atoms with Gasteiger partial charge in [-0.2, -0.15) is 0 Å². The molecule has 1 aliphatic carbocycles. The fourth-order valence-electron chi connectivity index (χ4n) is 2.99. The fraction of sp³-hybridized carbons (Fsp3) is 0.333. The molecule has 0 bridgehead atoms. The Labute approximate surface area is 137 Å². The van der Waals surface area contributed by atoms with Crippen LogP contribution in [-0.4, -0.2) is 22.1 Å². The van der Waals surface area contributed by atoms with Crippen molar-refractivity contribution in [3.05, 3.63) is 48.0 Å². The molecule has 0 saturated heterocycles. The monoisotopic (exact) mass is 331 g/mol. The second-order valence-corrected chi connectivity index (χ2v) is 7.48. The van der Waals surface area contributed by atoms with E-state index in [-0.39, 0.29) is 0 Å². The molecule has 0 saturated carbocycles. The summed E-state index contributed by atoms with van der Waals surface area (Å²) >= 11 is 0. The molecule has 5 heteroatoms. The Balaban J connectivity index is 1.93. The Morgan fingerprint density at radius 3 is 2.57 bits per heavy atom.